The average Bonchev–Trinajstić information content (AvgIpc) is 2.67. The van der Waals surface area contributed by atoms with Crippen LogP contribution in [0.4, 0.5) is 0 Å². The summed E-state index contributed by atoms with van der Waals surface area (Å²) in [5.41, 5.74) is 2.89. The monoisotopic (exact) mass is 348 g/mol. The van der Waals surface area contributed by atoms with Crippen molar-refractivity contribution < 1.29 is 19.7 Å². The summed E-state index contributed by atoms with van der Waals surface area (Å²) in [6.45, 7) is 0.490. The van der Waals surface area contributed by atoms with E-state index in [2.05, 4.69) is 0 Å². The molecule has 4 rings (SSSR count). The number of hydrogen-bond acceptors (Lipinski definition) is 4. The third-order valence-corrected chi connectivity index (χ3v) is 4.54. The molecule has 0 unspecified atom stereocenters. The summed E-state index contributed by atoms with van der Waals surface area (Å²) in [6, 6.07) is 22.4. The molecule has 0 bridgehead atoms. The van der Waals surface area contributed by atoms with Crippen molar-refractivity contribution in [1.82, 2.24) is 0 Å². The number of hydrogen-bond donors (Lipinski definition) is 2. The maximum Gasteiger partial charge on any atom is 0.150 e. The van der Waals surface area contributed by atoms with Crippen LogP contribution in [-0.4, -0.2) is 16.3 Å². The Morgan fingerprint density at radius 2 is 1.73 bits per heavy atom. The highest BCUT2D eigenvalue weighted by Gasteiger charge is 2.30. The molecule has 1 heterocycles. The highest BCUT2D eigenvalue weighted by Crippen LogP contribution is 2.37. The Morgan fingerprint density at radius 1 is 0.962 bits per heavy atom. The first-order chi connectivity index (χ1) is 12.7. The van der Waals surface area contributed by atoms with Crippen LogP contribution in [0.25, 0.3) is 0 Å². The first-order valence-corrected chi connectivity index (χ1v) is 8.62. The first kappa shape index (κ1) is 16.5. The Kier molecular flexibility index (Phi) is 4.50. The van der Waals surface area contributed by atoms with Crippen molar-refractivity contribution in [2.24, 2.45) is 0 Å². The van der Waals surface area contributed by atoms with Gasteiger partial charge in [0.25, 0.3) is 0 Å². The van der Waals surface area contributed by atoms with Crippen LogP contribution in [0.2, 0.25) is 0 Å². The van der Waals surface area contributed by atoms with Crippen LogP contribution >= 0.6 is 0 Å². The first-order valence-electron chi connectivity index (χ1n) is 8.62. The molecule has 3 aromatic rings. The van der Waals surface area contributed by atoms with E-state index in [4.69, 9.17) is 9.47 Å². The fourth-order valence-corrected chi connectivity index (χ4v) is 3.15. The van der Waals surface area contributed by atoms with Gasteiger partial charge in [0.1, 0.15) is 30.0 Å². The SMILES string of the molecule is Oc1ccc([C@H]2Oc3cc(OCc4ccccc4)ccc3C[C@H]2O)cc1. The molecular formula is C22H20O4. The van der Waals surface area contributed by atoms with Crippen LogP contribution in [0.1, 0.15) is 22.8 Å². The van der Waals surface area contributed by atoms with E-state index in [0.29, 0.717) is 13.0 Å². The molecule has 4 nitrogen and oxygen atoms in total. The van der Waals surface area contributed by atoms with Gasteiger partial charge in [0.15, 0.2) is 0 Å². The van der Waals surface area contributed by atoms with Gasteiger partial charge in [-0.2, -0.15) is 0 Å². The number of phenols is 1. The molecule has 2 N–H and O–H groups in total. The van der Waals surface area contributed by atoms with Crippen molar-refractivity contribution in [2.45, 2.75) is 25.2 Å². The lowest BCUT2D eigenvalue weighted by atomic mass is 9.94. The minimum absolute atomic E-state index is 0.191. The van der Waals surface area contributed by atoms with Gasteiger partial charge in [-0.15, -0.1) is 0 Å². The average molecular weight is 348 g/mol. The zero-order chi connectivity index (χ0) is 17.9. The number of aromatic hydroxyl groups is 1. The van der Waals surface area contributed by atoms with Gasteiger partial charge >= 0.3 is 0 Å². The zero-order valence-corrected chi connectivity index (χ0v) is 14.2. The number of rotatable bonds is 4. The summed E-state index contributed by atoms with van der Waals surface area (Å²) in [5, 5.41) is 19.9. The molecule has 1 aliphatic heterocycles. The van der Waals surface area contributed by atoms with Gasteiger partial charge in [-0.1, -0.05) is 48.5 Å². The Morgan fingerprint density at radius 3 is 2.50 bits per heavy atom. The summed E-state index contributed by atoms with van der Waals surface area (Å²) < 4.78 is 11.9. The molecule has 0 aliphatic carbocycles. The van der Waals surface area contributed by atoms with Crippen molar-refractivity contribution >= 4 is 0 Å². The van der Waals surface area contributed by atoms with E-state index in [1.165, 1.54) is 0 Å². The van der Waals surface area contributed by atoms with Crippen molar-refractivity contribution in [3.05, 3.63) is 89.5 Å². The number of benzene rings is 3. The van der Waals surface area contributed by atoms with Gasteiger partial charge in [-0.3, -0.25) is 0 Å². The molecule has 1 aliphatic rings. The molecule has 0 fully saturated rings. The van der Waals surface area contributed by atoms with E-state index in [9.17, 15) is 10.2 Å². The molecule has 4 heteroatoms. The maximum atomic E-state index is 10.4. The number of fused-ring (bicyclic) bond motifs is 1. The van der Waals surface area contributed by atoms with Gasteiger partial charge in [0, 0.05) is 12.5 Å². The Hall–Kier alpha value is -2.98. The summed E-state index contributed by atoms with van der Waals surface area (Å²) in [6.07, 6.45) is -0.588. The standard InChI is InChI=1S/C22H20O4/c23-18-9-6-16(7-10-18)22-20(24)12-17-8-11-19(13-21(17)26-22)25-14-15-4-2-1-3-5-15/h1-11,13,20,22-24H,12,14H2/t20-,22-/m1/s1. The molecule has 0 aromatic heterocycles. The lowest BCUT2D eigenvalue weighted by Gasteiger charge is -2.31. The van der Waals surface area contributed by atoms with Gasteiger partial charge in [-0.05, 0) is 34.9 Å². The molecule has 2 atom stereocenters. The van der Waals surface area contributed by atoms with Crippen molar-refractivity contribution in [3.63, 3.8) is 0 Å². The van der Waals surface area contributed by atoms with E-state index in [1.54, 1.807) is 24.3 Å². The van der Waals surface area contributed by atoms with Gasteiger partial charge < -0.3 is 19.7 Å². The number of aliphatic hydroxyl groups is 1. The number of aliphatic hydroxyl groups excluding tert-OH is 1. The highest BCUT2D eigenvalue weighted by atomic mass is 16.5. The Labute approximate surface area is 152 Å². The second-order valence-corrected chi connectivity index (χ2v) is 6.45. The molecule has 0 amide bonds. The molecular weight excluding hydrogens is 328 g/mol. The van der Waals surface area contributed by atoms with E-state index in [1.807, 2.05) is 48.5 Å². The third kappa shape index (κ3) is 3.51. The predicted octanol–water partition coefficient (Wildman–Crippen LogP) is 4.01. The second kappa shape index (κ2) is 7.10. The lowest BCUT2D eigenvalue weighted by molar-refractivity contribution is 0.0206. The molecule has 132 valence electrons. The van der Waals surface area contributed by atoms with Crippen LogP contribution in [0.5, 0.6) is 17.2 Å². The smallest absolute Gasteiger partial charge is 0.150 e. The van der Waals surface area contributed by atoms with E-state index in [0.717, 1.165) is 28.2 Å². The summed E-state index contributed by atoms with van der Waals surface area (Å²) in [4.78, 5) is 0. The van der Waals surface area contributed by atoms with E-state index >= 15 is 0 Å². The number of phenolic OH excluding ortho intramolecular Hbond substituents is 1. The molecule has 0 saturated heterocycles. The van der Waals surface area contributed by atoms with Crippen LogP contribution in [0.3, 0.4) is 0 Å². The predicted molar refractivity (Wildman–Crippen MR) is 98.4 cm³/mol. The van der Waals surface area contributed by atoms with Crippen LogP contribution in [0.15, 0.2) is 72.8 Å². The largest absolute Gasteiger partial charge is 0.508 e. The Balaban J connectivity index is 1.52. The van der Waals surface area contributed by atoms with E-state index in [-0.39, 0.29) is 5.75 Å². The third-order valence-electron chi connectivity index (χ3n) is 4.54. The van der Waals surface area contributed by atoms with Crippen LogP contribution in [-0.2, 0) is 13.0 Å². The topological polar surface area (TPSA) is 58.9 Å². The fraction of sp³-hybridized carbons (Fsp3) is 0.182. The summed E-state index contributed by atoms with van der Waals surface area (Å²) in [5.74, 6) is 1.64. The quantitative estimate of drug-likeness (QED) is 0.748. The van der Waals surface area contributed by atoms with E-state index < -0.39 is 12.2 Å². The molecule has 0 spiro atoms. The fourth-order valence-electron chi connectivity index (χ4n) is 3.15. The minimum atomic E-state index is -0.636. The summed E-state index contributed by atoms with van der Waals surface area (Å²) in [7, 11) is 0. The molecule has 0 saturated carbocycles. The Bertz CT molecular complexity index is 874. The molecule has 3 aromatic carbocycles. The van der Waals surface area contributed by atoms with Crippen LogP contribution < -0.4 is 9.47 Å². The van der Waals surface area contributed by atoms with Gasteiger partial charge in [0.05, 0.1) is 6.10 Å². The second-order valence-electron chi connectivity index (χ2n) is 6.45. The normalized spacial score (nSPS) is 18.7. The summed E-state index contributed by atoms with van der Waals surface area (Å²) >= 11 is 0. The van der Waals surface area contributed by atoms with Crippen molar-refractivity contribution in [3.8, 4) is 17.2 Å². The van der Waals surface area contributed by atoms with Gasteiger partial charge in [-0.25, -0.2) is 0 Å². The van der Waals surface area contributed by atoms with Gasteiger partial charge in [0.2, 0.25) is 0 Å². The minimum Gasteiger partial charge on any atom is -0.508 e. The molecule has 26 heavy (non-hydrogen) atoms. The molecule has 0 radical (unpaired) electrons. The van der Waals surface area contributed by atoms with Crippen LogP contribution in [0, 0.1) is 0 Å². The van der Waals surface area contributed by atoms with Crippen molar-refractivity contribution in [2.75, 3.05) is 0 Å². The van der Waals surface area contributed by atoms with Crippen molar-refractivity contribution in [1.29, 1.82) is 0 Å². The lowest BCUT2D eigenvalue weighted by Crippen LogP contribution is -2.30. The highest BCUT2D eigenvalue weighted by molar-refractivity contribution is 5.44. The zero-order valence-electron chi connectivity index (χ0n) is 14.2. The number of ether oxygens (including phenoxy) is 2. The maximum absolute atomic E-state index is 10.4.